The molecule has 3 rings (SSSR count). The number of benzene rings is 2. The van der Waals surface area contributed by atoms with Gasteiger partial charge in [-0.25, -0.2) is 0 Å². The van der Waals surface area contributed by atoms with Crippen molar-refractivity contribution in [1.29, 1.82) is 0 Å². The van der Waals surface area contributed by atoms with Gasteiger partial charge in [-0.1, -0.05) is 30.3 Å². The van der Waals surface area contributed by atoms with Gasteiger partial charge in [-0.15, -0.1) is 0 Å². The van der Waals surface area contributed by atoms with Crippen molar-refractivity contribution in [2.75, 3.05) is 14.2 Å². The van der Waals surface area contributed by atoms with E-state index in [1.807, 2.05) is 60.7 Å². The van der Waals surface area contributed by atoms with Crippen LogP contribution in [0.5, 0.6) is 11.5 Å². The third kappa shape index (κ3) is 4.00. The minimum Gasteiger partial charge on any atom is -0.497 e. The molecule has 0 saturated heterocycles. The number of allylic oxidation sites excluding steroid dienone is 2. The number of rotatable bonds is 4. The monoisotopic (exact) mass is 334 g/mol. The molecule has 0 aliphatic heterocycles. The number of para-hydroxylation sites is 1. The Balaban J connectivity index is 1.90. The molecule has 0 atom stereocenters. The van der Waals surface area contributed by atoms with Crippen LogP contribution >= 0.6 is 0 Å². The zero-order valence-electron chi connectivity index (χ0n) is 14.6. The summed E-state index contributed by atoms with van der Waals surface area (Å²) in [6.07, 6.45) is 6.51. The van der Waals surface area contributed by atoms with E-state index in [0.717, 1.165) is 53.0 Å². The van der Waals surface area contributed by atoms with Crippen LogP contribution < -0.4 is 9.47 Å². The van der Waals surface area contributed by atoms with Crippen LogP contribution in [0.15, 0.2) is 59.7 Å². The first-order valence-electron chi connectivity index (χ1n) is 8.44. The number of ether oxygens (including phenoxy) is 2. The minimum absolute atomic E-state index is 0.125. The lowest BCUT2D eigenvalue weighted by Crippen LogP contribution is -2.12. The van der Waals surface area contributed by atoms with E-state index in [1.54, 1.807) is 14.2 Å². The van der Waals surface area contributed by atoms with Crippen LogP contribution in [-0.4, -0.2) is 20.0 Å². The third-order valence-corrected chi connectivity index (χ3v) is 4.38. The summed E-state index contributed by atoms with van der Waals surface area (Å²) in [7, 11) is 3.29. The van der Waals surface area contributed by atoms with E-state index in [-0.39, 0.29) is 5.78 Å². The van der Waals surface area contributed by atoms with Crippen molar-refractivity contribution in [3.05, 3.63) is 70.8 Å². The lowest BCUT2D eigenvalue weighted by molar-refractivity contribution is -0.112. The molecule has 1 aliphatic carbocycles. The first-order valence-corrected chi connectivity index (χ1v) is 8.44. The highest BCUT2D eigenvalue weighted by molar-refractivity contribution is 6.14. The molecule has 0 bridgehead atoms. The summed E-state index contributed by atoms with van der Waals surface area (Å²) < 4.78 is 10.6. The number of carbonyl (C=O) groups is 1. The predicted octanol–water partition coefficient (Wildman–Crippen LogP) is 4.92. The number of methoxy groups -OCH3 is 2. The van der Waals surface area contributed by atoms with E-state index in [4.69, 9.17) is 9.47 Å². The number of Topliss-reactive ketones (excluding diaryl/α,β-unsaturated/α-hetero) is 1. The van der Waals surface area contributed by atoms with Gasteiger partial charge in [0.05, 0.1) is 14.2 Å². The second kappa shape index (κ2) is 7.84. The molecular formula is C22H22O3. The number of carbonyl (C=O) groups excluding carboxylic acids is 1. The highest BCUT2D eigenvalue weighted by atomic mass is 16.5. The number of hydrogen-bond acceptors (Lipinski definition) is 3. The van der Waals surface area contributed by atoms with Gasteiger partial charge in [-0.2, -0.15) is 0 Å². The molecule has 128 valence electrons. The maximum Gasteiger partial charge on any atom is 0.185 e. The smallest absolute Gasteiger partial charge is 0.185 e. The maximum atomic E-state index is 12.9. The summed E-state index contributed by atoms with van der Waals surface area (Å²) in [5, 5.41) is 0. The molecule has 0 heterocycles. The summed E-state index contributed by atoms with van der Waals surface area (Å²) >= 11 is 0. The quantitative estimate of drug-likeness (QED) is 0.744. The Hall–Kier alpha value is -2.81. The Kier molecular flexibility index (Phi) is 5.34. The molecule has 25 heavy (non-hydrogen) atoms. The van der Waals surface area contributed by atoms with Crippen molar-refractivity contribution in [2.24, 2.45) is 0 Å². The molecule has 2 aromatic rings. The molecule has 3 heteroatoms. The summed E-state index contributed by atoms with van der Waals surface area (Å²) in [5.74, 6) is 1.70. The highest BCUT2D eigenvalue weighted by Gasteiger charge is 2.21. The van der Waals surface area contributed by atoms with Crippen LogP contribution in [0.4, 0.5) is 0 Å². The zero-order chi connectivity index (χ0) is 17.6. The van der Waals surface area contributed by atoms with Crippen LogP contribution in [0.25, 0.3) is 12.2 Å². The van der Waals surface area contributed by atoms with E-state index < -0.39 is 0 Å². The Morgan fingerprint density at radius 1 is 0.880 bits per heavy atom. The van der Waals surface area contributed by atoms with Gasteiger partial charge in [0.2, 0.25) is 0 Å². The van der Waals surface area contributed by atoms with E-state index in [9.17, 15) is 4.79 Å². The normalized spacial score (nSPS) is 17.8. The maximum absolute atomic E-state index is 12.9. The zero-order valence-corrected chi connectivity index (χ0v) is 14.6. The predicted molar refractivity (Wildman–Crippen MR) is 101 cm³/mol. The molecule has 0 unspecified atom stereocenters. The molecule has 2 aromatic carbocycles. The van der Waals surface area contributed by atoms with Gasteiger partial charge in [-0.05, 0) is 55.2 Å². The summed E-state index contributed by atoms with van der Waals surface area (Å²) in [6, 6.07) is 15.5. The van der Waals surface area contributed by atoms with E-state index in [0.29, 0.717) is 0 Å². The van der Waals surface area contributed by atoms with Gasteiger partial charge in [-0.3, -0.25) is 4.79 Å². The molecule has 1 saturated carbocycles. The van der Waals surface area contributed by atoms with Gasteiger partial charge in [0.25, 0.3) is 0 Å². The van der Waals surface area contributed by atoms with Gasteiger partial charge < -0.3 is 9.47 Å². The fourth-order valence-electron chi connectivity index (χ4n) is 3.08. The summed E-state index contributed by atoms with van der Waals surface area (Å²) in [5.41, 5.74) is 3.61. The molecule has 1 fully saturated rings. The van der Waals surface area contributed by atoms with Crippen molar-refractivity contribution < 1.29 is 14.3 Å². The van der Waals surface area contributed by atoms with E-state index >= 15 is 0 Å². The molecule has 0 spiro atoms. The minimum atomic E-state index is 0.125. The molecule has 1 aliphatic rings. The Bertz CT molecular complexity index is 831. The van der Waals surface area contributed by atoms with Crippen LogP contribution in [0.3, 0.4) is 0 Å². The molecule has 0 N–H and O–H groups in total. The summed E-state index contributed by atoms with van der Waals surface area (Å²) in [6.45, 7) is 0. The molecule has 0 amide bonds. The van der Waals surface area contributed by atoms with Gasteiger partial charge in [0.1, 0.15) is 11.5 Å². The second-order valence-electron chi connectivity index (χ2n) is 6.04. The average molecular weight is 334 g/mol. The van der Waals surface area contributed by atoms with Crippen molar-refractivity contribution in [1.82, 2.24) is 0 Å². The standard InChI is InChI=1S/C22H22O3/c1-24-20-11-5-7-16(14-20)13-18-9-6-10-19(22(18)23)15-17-8-3-4-12-21(17)25-2/h3-5,7-8,11-15H,6,9-10H2,1-2H3/b18-13+,19-15+. The topological polar surface area (TPSA) is 35.5 Å². The van der Waals surface area contributed by atoms with Crippen molar-refractivity contribution in [2.45, 2.75) is 19.3 Å². The third-order valence-electron chi connectivity index (χ3n) is 4.38. The van der Waals surface area contributed by atoms with Crippen LogP contribution in [-0.2, 0) is 4.79 Å². The van der Waals surface area contributed by atoms with Crippen LogP contribution in [0.1, 0.15) is 30.4 Å². The first kappa shape index (κ1) is 17.0. The second-order valence-corrected chi connectivity index (χ2v) is 6.04. The van der Waals surface area contributed by atoms with E-state index in [1.165, 1.54) is 0 Å². The largest absolute Gasteiger partial charge is 0.497 e. The Morgan fingerprint density at radius 2 is 1.64 bits per heavy atom. The van der Waals surface area contributed by atoms with Gasteiger partial charge in [0.15, 0.2) is 5.78 Å². The average Bonchev–Trinajstić information content (AvgIpc) is 2.65. The molecule has 0 aromatic heterocycles. The van der Waals surface area contributed by atoms with Gasteiger partial charge in [0, 0.05) is 16.7 Å². The molecule has 3 nitrogen and oxygen atoms in total. The highest BCUT2D eigenvalue weighted by Crippen LogP contribution is 2.30. The lowest BCUT2D eigenvalue weighted by Gasteiger charge is -2.17. The van der Waals surface area contributed by atoms with Crippen molar-refractivity contribution in [3.63, 3.8) is 0 Å². The first-order chi connectivity index (χ1) is 12.2. The van der Waals surface area contributed by atoms with Crippen molar-refractivity contribution >= 4 is 17.9 Å². The van der Waals surface area contributed by atoms with Crippen LogP contribution in [0, 0.1) is 0 Å². The van der Waals surface area contributed by atoms with E-state index in [2.05, 4.69) is 0 Å². The molecule has 0 radical (unpaired) electrons. The summed E-state index contributed by atoms with van der Waals surface area (Å²) in [4.78, 5) is 12.9. The molecular weight excluding hydrogens is 312 g/mol. The van der Waals surface area contributed by atoms with Crippen LogP contribution in [0.2, 0.25) is 0 Å². The fraction of sp³-hybridized carbons (Fsp3) is 0.227. The Morgan fingerprint density at radius 3 is 2.40 bits per heavy atom. The number of ketones is 1. The lowest BCUT2D eigenvalue weighted by atomic mass is 9.86. The van der Waals surface area contributed by atoms with Crippen molar-refractivity contribution in [3.8, 4) is 11.5 Å². The van der Waals surface area contributed by atoms with Gasteiger partial charge >= 0.3 is 0 Å². The number of hydrogen-bond donors (Lipinski definition) is 0. The SMILES string of the molecule is COc1cccc(/C=C2\CCC/C(=C\c3ccccc3OC)C2=O)c1. The fourth-order valence-corrected chi connectivity index (χ4v) is 3.08. The Labute approximate surface area is 148 Å².